The summed E-state index contributed by atoms with van der Waals surface area (Å²) in [6, 6.07) is 3.25. The molecule has 4 heterocycles. The molecule has 3 aromatic rings. The molecule has 0 atom stereocenters. The second-order valence-electron chi connectivity index (χ2n) is 8.27. The minimum atomic E-state index is -0.684. The zero-order valence-electron chi connectivity index (χ0n) is 18.6. The van der Waals surface area contributed by atoms with Gasteiger partial charge in [-0.05, 0) is 30.0 Å². The Balaban J connectivity index is 1.42. The standard InChI is InChI=1S/C23H23FN6O4/c1-11-16(7-28-22-21(11)26-3-4-33-22)15-5-13-6-18(27-8-17(13)20(25)19(15)24)29-23(32)34-14-9-30(10-14)12(2)31/h5-8,14,26H,3-4,9-10,25H2,1-2H3,(H,27,29,32). The zero-order chi connectivity index (χ0) is 24.0. The summed E-state index contributed by atoms with van der Waals surface area (Å²) in [6.07, 6.45) is 1.92. The Labute approximate surface area is 194 Å². The van der Waals surface area contributed by atoms with Gasteiger partial charge in [0.2, 0.25) is 11.8 Å². The van der Waals surface area contributed by atoms with Crippen molar-refractivity contribution in [2.24, 2.45) is 0 Å². The Hall–Kier alpha value is -4.15. The Morgan fingerprint density at radius 3 is 2.82 bits per heavy atom. The molecule has 11 heteroatoms. The number of hydrogen-bond acceptors (Lipinski definition) is 8. The van der Waals surface area contributed by atoms with Gasteiger partial charge >= 0.3 is 6.09 Å². The number of nitrogens with zero attached hydrogens (tertiary/aromatic N) is 3. The fourth-order valence-corrected chi connectivity index (χ4v) is 4.11. The van der Waals surface area contributed by atoms with Crippen LogP contribution in [0.1, 0.15) is 12.5 Å². The first kappa shape index (κ1) is 21.7. The first-order chi connectivity index (χ1) is 16.3. The van der Waals surface area contributed by atoms with E-state index in [-0.39, 0.29) is 29.1 Å². The average Bonchev–Trinajstić information content (AvgIpc) is 2.79. The van der Waals surface area contributed by atoms with Crippen molar-refractivity contribution in [1.29, 1.82) is 0 Å². The molecule has 0 bridgehead atoms. The van der Waals surface area contributed by atoms with Crippen LogP contribution in [0.15, 0.2) is 24.5 Å². The molecule has 34 heavy (non-hydrogen) atoms. The topological polar surface area (TPSA) is 132 Å². The van der Waals surface area contributed by atoms with Crippen LogP contribution in [0.2, 0.25) is 0 Å². The Kier molecular flexibility index (Phi) is 5.31. The highest BCUT2D eigenvalue weighted by Crippen LogP contribution is 2.39. The van der Waals surface area contributed by atoms with Crippen molar-refractivity contribution in [3.63, 3.8) is 0 Å². The number of benzene rings is 1. The van der Waals surface area contributed by atoms with Gasteiger partial charge < -0.3 is 25.4 Å². The number of aromatic nitrogens is 2. The van der Waals surface area contributed by atoms with E-state index in [9.17, 15) is 9.59 Å². The minimum absolute atomic E-state index is 0.0470. The third-order valence-electron chi connectivity index (χ3n) is 6.03. The highest BCUT2D eigenvalue weighted by molar-refractivity contribution is 5.99. The van der Waals surface area contributed by atoms with E-state index in [0.717, 1.165) is 11.3 Å². The number of ether oxygens (including phenoxy) is 2. The van der Waals surface area contributed by atoms with E-state index in [1.54, 1.807) is 23.2 Å². The van der Waals surface area contributed by atoms with Crippen LogP contribution in [0.5, 0.6) is 5.88 Å². The van der Waals surface area contributed by atoms with Crippen LogP contribution in [0, 0.1) is 12.7 Å². The third-order valence-corrected chi connectivity index (χ3v) is 6.03. The van der Waals surface area contributed by atoms with Crippen LogP contribution in [0.25, 0.3) is 21.9 Å². The van der Waals surface area contributed by atoms with Crippen molar-refractivity contribution >= 4 is 40.0 Å². The first-order valence-corrected chi connectivity index (χ1v) is 10.8. The molecule has 0 spiro atoms. The van der Waals surface area contributed by atoms with Crippen LogP contribution in [0.3, 0.4) is 0 Å². The molecule has 5 rings (SSSR count). The summed E-state index contributed by atoms with van der Waals surface area (Å²) in [4.78, 5) is 33.5. The number of hydrogen-bond donors (Lipinski definition) is 3. The van der Waals surface area contributed by atoms with E-state index in [1.807, 2.05) is 6.92 Å². The first-order valence-electron chi connectivity index (χ1n) is 10.8. The van der Waals surface area contributed by atoms with Gasteiger partial charge in [0, 0.05) is 42.4 Å². The summed E-state index contributed by atoms with van der Waals surface area (Å²) < 4.78 is 26.1. The van der Waals surface area contributed by atoms with E-state index in [0.29, 0.717) is 48.5 Å². The lowest BCUT2D eigenvalue weighted by Crippen LogP contribution is -2.54. The molecule has 1 saturated heterocycles. The minimum Gasteiger partial charge on any atom is -0.474 e. The summed E-state index contributed by atoms with van der Waals surface area (Å²) in [7, 11) is 0. The van der Waals surface area contributed by atoms with E-state index < -0.39 is 11.9 Å². The molecule has 2 aromatic heterocycles. The normalized spacial score (nSPS) is 15.1. The molecule has 4 N–H and O–H groups in total. The van der Waals surface area contributed by atoms with Crippen LogP contribution in [0.4, 0.5) is 26.4 Å². The number of nitrogen functional groups attached to an aromatic ring is 1. The molecule has 2 amide bonds. The van der Waals surface area contributed by atoms with Crippen molar-refractivity contribution in [1.82, 2.24) is 14.9 Å². The monoisotopic (exact) mass is 466 g/mol. The number of nitrogens with one attached hydrogen (secondary N) is 2. The van der Waals surface area contributed by atoms with Gasteiger partial charge in [-0.2, -0.15) is 0 Å². The maximum atomic E-state index is 15.3. The Bertz CT molecular complexity index is 1320. The van der Waals surface area contributed by atoms with Gasteiger partial charge in [-0.25, -0.2) is 19.2 Å². The van der Waals surface area contributed by atoms with Gasteiger partial charge in [-0.3, -0.25) is 10.1 Å². The lowest BCUT2D eigenvalue weighted by Gasteiger charge is -2.37. The zero-order valence-corrected chi connectivity index (χ0v) is 18.6. The van der Waals surface area contributed by atoms with Crippen molar-refractivity contribution in [3.8, 4) is 17.0 Å². The van der Waals surface area contributed by atoms with Crippen LogP contribution < -0.4 is 21.1 Å². The summed E-state index contributed by atoms with van der Waals surface area (Å²) in [5.74, 6) is 0.0714. The largest absolute Gasteiger partial charge is 0.474 e. The van der Waals surface area contributed by atoms with Crippen molar-refractivity contribution < 1.29 is 23.5 Å². The molecule has 2 aliphatic rings. The van der Waals surface area contributed by atoms with E-state index in [4.69, 9.17) is 15.2 Å². The molecule has 10 nitrogen and oxygen atoms in total. The van der Waals surface area contributed by atoms with Crippen LogP contribution in [-0.4, -0.2) is 59.2 Å². The fraction of sp³-hybridized carbons (Fsp3) is 0.304. The number of halogens is 1. The summed E-state index contributed by atoms with van der Waals surface area (Å²) in [5.41, 5.74) is 8.43. The molecule has 0 unspecified atom stereocenters. The van der Waals surface area contributed by atoms with Gasteiger partial charge in [0.15, 0.2) is 5.82 Å². The van der Waals surface area contributed by atoms with Gasteiger partial charge in [-0.15, -0.1) is 0 Å². The molecule has 176 valence electrons. The lowest BCUT2D eigenvalue weighted by atomic mass is 9.97. The van der Waals surface area contributed by atoms with Crippen molar-refractivity contribution in [2.75, 3.05) is 42.6 Å². The number of anilines is 3. The maximum Gasteiger partial charge on any atom is 0.413 e. The predicted molar refractivity (Wildman–Crippen MR) is 124 cm³/mol. The molecule has 0 radical (unpaired) electrons. The fourth-order valence-electron chi connectivity index (χ4n) is 4.11. The number of rotatable bonds is 3. The molecule has 0 saturated carbocycles. The van der Waals surface area contributed by atoms with Gasteiger partial charge in [-0.1, -0.05) is 0 Å². The number of amides is 2. The second kappa shape index (κ2) is 8.32. The molecule has 0 aliphatic carbocycles. The summed E-state index contributed by atoms with van der Waals surface area (Å²) >= 11 is 0. The number of carbonyl (C=O) groups excluding carboxylic acids is 2. The number of likely N-dealkylation sites (tertiary alicyclic amines) is 1. The second-order valence-corrected chi connectivity index (χ2v) is 8.27. The van der Waals surface area contributed by atoms with Gasteiger partial charge in [0.05, 0.1) is 18.8 Å². The summed E-state index contributed by atoms with van der Waals surface area (Å²) in [5, 5.41) is 6.82. The molecular weight excluding hydrogens is 443 g/mol. The summed E-state index contributed by atoms with van der Waals surface area (Å²) in [6.45, 7) is 5.19. The highest BCUT2D eigenvalue weighted by atomic mass is 19.1. The quantitative estimate of drug-likeness (QED) is 0.502. The Morgan fingerprint density at radius 2 is 2.06 bits per heavy atom. The molecular formula is C23H23FN6O4. The van der Waals surface area contributed by atoms with E-state index in [1.165, 1.54) is 13.1 Å². The number of nitrogens with two attached hydrogens (primary N) is 1. The number of fused-ring (bicyclic) bond motifs is 2. The smallest absolute Gasteiger partial charge is 0.413 e. The highest BCUT2D eigenvalue weighted by Gasteiger charge is 2.31. The van der Waals surface area contributed by atoms with Crippen molar-refractivity contribution in [3.05, 3.63) is 35.9 Å². The van der Waals surface area contributed by atoms with Crippen molar-refractivity contribution in [2.45, 2.75) is 20.0 Å². The lowest BCUT2D eigenvalue weighted by molar-refractivity contribution is -0.138. The van der Waals surface area contributed by atoms with Gasteiger partial charge in [0.1, 0.15) is 24.2 Å². The molecule has 1 fully saturated rings. The van der Waals surface area contributed by atoms with Crippen LogP contribution >= 0.6 is 0 Å². The van der Waals surface area contributed by atoms with E-state index in [2.05, 4.69) is 20.6 Å². The van der Waals surface area contributed by atoms with Crippen LogP contribution in [-0.2, 0) is 9.53 Å². The third kappa shape index (κ3) is 3.78. The molecule has 2 aliphatic heterocycles. The van der Waals surface area contributed by atoms with Gasteiger partial charge in [0.25, 0.3) is 0 Å². The SMILES string of the molecule is CC(=O)N1CC(OC(=O)Nc2cc3cc(-c4cnc5c(c4C)NCCO5)c(F)c(N)c3cn2)C1. The predicted octanol–water partition coefficient (Wildman–Crippen LogP) is 2.91. The maximum absolute atomic E-state index is 15.3. The molecule has 1 aromatic carbocycles. The Morgan fingerprint density at radius 1 is 1.26 bits per heavy atom. The van der Waals surface area contributed by atoms with E-state index >= 15 is 4.39 Å². The number of carbonyl (C=O) groups is 2. The average molecular weight is 466 g/mol. The number of pyridine rings is 2.